The molecule has 0 aromatic rings. The number of likely N-dealkylation sites (N-methyl/N-ethyl adjacent to an activating group) is 2. The van der Waals surface area contributed by atoms with Gasteiger partial charge in [0.15, 0.2) is 0 Å². The standard InChI is InChI=1S/C8H20N2/c1-4-9-7-8-10(5-2)6-3/h9H,4-8H2,1-3H3. The van der Waals surface area contributed by atoms with E-state index in [0.717, 1.165) is 13.1 Å². The minimum atomic E-state index is 1.08. The van der Waals surface area contributed by atoms with Crippen molar-refractivity contribution in [2.24, 2.45) is 0 Å². The third kappa shape index (κ3) is 4.77. The van der Waals surface area contributed by atoms with Crippen molar-refractivity contribution in [2.75, 3.05) is 32.7 Å². The summed E-state index contributed by atoms with van der Waals surface area (Å²) < 4.78 is 0. The van der Waals surface area contributed by atoms with Crippen molar-refractivity contribution in [1.82, 2.24) is 10.2 Å². The molecule has 0 saturated heterocycles. The Labute approximate surface area is 64.6 Å². The summed E-state index contributed by atoms with van der Waals surface area (Å²) in [4.78, 5) is 2.42. The van der Waals surface area contributed by atoms with E-state index in [0.29, 0.717) is 0 Å². The van der Waals surface area contributed by atoms with Crippen molar-refractivity contribution in [3.8, 4) is 0 Å². The molecular formula is C8H20N2. The molecule has 0 aliphatic heterocycles. The summed E-state index contributed by atoms with van der Waals surface area (Å²) in [6, 6.07) is 0. The van der Waals surface area contributed by atoms with E-state index in [1.54, 1.807) is 0 Å². The molecule has 0 aliphatic carbocycles. The molecule has 2 nitrogen and oxygen atoms in total. The number of rotatable bonds is 6. The molecule has 1 N–H and O–H groups in total. The Morgan fingerprint density at radius 2 is 1.70 bits per heavy atom. The molecule has 0 spiro atoms. The fourth-order valence-electron chi connectivity index (χ4n) is 0.954. The molecule has 0 heterocycles. The van der Waals surface area contributed by atoms with Crippen LogP contribution in [-0.2, 0) is 0 Å². The molecule has 0 aliphatic rings. The highest BCUT2D eigenvalue weighted by Gasteiger charge is 1.95. The molecule has 0 radical (unpaired) electrons. The van der Waals surface area contributed by atoms with Gasteiger partial charge in [-0.05, 0) is 19.6 Å². The summed E-state index contributed by atoms with van der Waals surface area (Å²) in [6.45, 7) is 12.3. The summed E-state index contributed by atoms with van der Waals surface area (Å²) in [5, 5.41) is 3.31. The van der Waals surface area contributed by atoms with Gasteiger partial charge in [0.1, 0.15) is 0 Å². The lowest BCUT2D eigenvalue weighted by Gasteiger charge is -2.17. The van der Waals surface area contributed by atoms with Crippen LogP contribution in [0.3, 0.4) is 0 Å². The van der Waals surface area contributed by atoms with Crippen LogP contribution in [0.25, 0.3) is 0 Å². The lowest BCUT2D eigenvalue weighted by Crippen LogP contribution is -2.31. The molecule has 2 heteroatoms. The Kier molecular flexibility index (Phi) is 6.98. The van der Waals surface area contributed by atoms with Crippen LogP contribution in [0.4, 0.5) is 0 Å². The van der Waals surface area contributed by atoms with Gasteiger partial charge in [-0.25, -0.2) is 0 Å². The predicted molar refractivity (Wildman–Crippen MR) is 46.3 cm³/mol. The Bertz CT molecular complexity index is 60.3. The fraction of sp³-hybridized carbons (Fsp3) is 1.00. The zero-order chi connectivity index (χ0) is 7.82. The van der Waals surface area contributed by atoms with E-state index in [2.05, 4.69) is 31.0 Å². The average molecular weight is 144 g/mol. The van der Waals surface area contributed by atoms with Crippen molar-refractivity contribution >= 4 is 0 Å². The second-order valence-electron chi connectivity index (χ2n) is 2.38. The quantitative estimate of drug-likeness (QED) is 0.558. The summed E-state index contributed by atoms with van der Waals surface area (Å²) in [5.74, 6) is 0. The highest BCUT2D eigenvalue weighted by molar-refractivity contribution is 4.53. The minimum absolute atomic E-state index is 1.08. The van der Waals surface area contributed by atoms with Gasteiger partial charge in [0.05, 0.1) is 0 Å². The van der Waals surface area contributed by atoms with Gasteiger partial charge in [-0.2, -0.15) is 0 Å². The van der Waals surface area contributed by atoms with Crippen molar-refractivity contribution in [2.45, 2.75) is 20.8 Å². The predicted octanol–water partition coefficient (Wildman–Crippen LogP) is 0.938. The Morgan fingerprint density at radius 3 is 2.10 bits per heavy atom. The molecule has 0 saturated carbocycles. The molecule has 0 aromatic carbocycles. The first kappa shape index (κ1) is 9.92. The van der Waals surface area contributed by atoms with Gasteiger partial charge in [-0.15, -0.1) is 0 Å². The second kappa shape index (κ2) is 7.03. The lowest BCUT2D eigenvalue weighted by atomic mass is 10.4. The Morgan fingerprint density at radius 1 is 1.10 bits per heavy atom. The van der Waals surface area contributed by atoms with Crippen molar-refractivity contribution in [3.05, 3.63) is 0 Å². The van der Waals surface area contributed by atoms with Crippen LogP contribution < -0.4 is 5.32 Å². The van der Waals surface area contributed by atoms with Crippen LogP contribution in [0, 0.1) is 0 Å². The van der Waals surface area contributed by atoms with Gasteiger partial charge < -0.3 is 10.2 Å². The van der Waals surface area contributed by atoms with Crippen molar-refractivity contribution in [1.29, 1.82) is 0 Å². The molecule has 0 unspecified atom stereocenters. The number of nitrogens with zero attached hydrogens (tertiary/aromatic N) is 1. The highest BCUT2D eigenvalue weighted by atomic mass is 15.1. The molecule has 0 aromatic heterocycles. The Balaban J connectivity index is 3.09. The van der Waals surface area contributed by atoms with Crippen LogP contribution >= 0.6 is 0 Å². The van der Waals surface area contributed by atoms with Gasteiger partial charge in [0.25, 0.3) is 0 Å². The monoisotopic (exact) mass is 144 g/mol. The third-order valence-electron chi connectivity index (χ3n) is 1.75. The Hall–Kier alpha value is -0.0800. The molecule has 0 atom stereocenters. The van der Waals surface area contributed by atoms with Crippen molar-refractivity contribution in [3.63, 3.8) is 0 Å². The first-order valence-corrected chi connectivity index (χ1v) is 4.28. The summed E-state index contributed by atoms with van der Waals surface area (Å²) in [7, 11) is 0. The van der Waals surface area contributed by atoms with Gasteiger partial charge in [0.2, 0.25) is 0 Å². The molecule has 0 amide bonds. The van der Waals surface area contributed by atoms with E-state index in [-0.39, 0.29) is 0 Å². The summed E-state index contributed by atoms with van der Waals surface area (Å²) >= 11 is 0. The smallest absolute Gasteiger partial charge is 0.0107 e. The maximum Gasteiger partial charge on any atom is 0.0107 e. The average Bonchev–Trinajstić information content (AvgIpc) is 1.99. The van der Waals surface area contributed by atoms with E-state index in [1.807, 2.05) is 0 Å². The van der Waals surface area contributed by atoms with E-state index in [9.17, 15) is 0 Å². The van der Waals surface area contributed by atoms with Gasteiger partial charge in [-0.3, -0.25) is 0 Å². The molecule has 10 heavy (non-hydrogen) atoms. The van der Waals surface area contributed by atoms with Gasteiger partial charge >= 0.3 is 0 Å². The van der Waals surface area contributed by atoms with Crippen LogP contribution in [-0.4, -0.2) is 37.6 Å². The lowest BCUT2D eigenvalue weighted by molar-refractivity contribution is 0.303. The van der Waals surface area contributed by atoms with E-state index < -0.39 is 0 Å². The maximum atomic E-state index is 3.31. The van der Waals surface area contributed by atoms with Crippen LogP contribution in [0.15, 0.2) is 0 Å². The van der Waals surface area contributed by atoms with Crippen LogP contribution in [0.1, 0.15) is 20.8 Å². The molecule has 0 fully saturated rings. The third-order valence-corrected chi connectivity index (χ3v) is 1.75. The minimum Gasteiger partial charge on any atom is -0.316 e. The zero-order valence-corrected chi connectivity index (χ0v) is 7.48. The summed E-state index contributed by atoms with van der Waals surface area (Å²) in [6.07, 6.45) is 0. The fourth-order valence-corrected chi connectivity index (χ4v) is 0.954. The van der Waals surface area contributed by atoms with Crippen LogP contribution in [0.5, 0.6) is 0 Å². The van der Waals surface area contributed by atoms with Gasteiger partial charge in [-0.1, -0.05) is 20.8 Å². The molecule has 62 valence electrons. The number of hydrogen-bond donors (Lipinski definition) is 1. The second-order valence-corrected chi connectivity index (χ2v) is 2.38. The number of nitrogens with one attached hydrogen (secondary N) is 1. The SMILES string of the molecule is CCNCCN(CC)CC. The normalized spacial score (nSPS) is 10.8. The van der Waals surface area contributed by atoms with E-state index in [4.69, 9.17) is 0 Å². The van der Waals surface area contributed by atoms with E-state index >= 15 is 0 Å². The number of hydrogen-bond acceptors (Lipinski definition) is 2. The van der Waals surface area contributed by atoms with Crippen molar-refractivity contribution < 1.29 is 0 Å². The first-order chi connectivity index (χ1) is 4.85. The maximum absolute atomic E-state index is 3.31. The zero-order valence-electron chi connectivity index (χ0n) is 7.48. The summed E-state index contributed by atoms with van der Waals surface area (Å²) in [5.41, 5.74) is 0. The largest absolute Gasteiger partial charge is 0.316 e. The van der Waals surface area contributed by atoms with E-state index in [1.165, 1.54) is 19.6 Å². The first-order valence-electron chi connectivity index (χ1n) is 4.28. The van der Waals surface area contributed by atoms with Gasteiger partial charge in [0, 0.05) is 13.1 Å². The molecular weight excluding hydrogens is 124 g/mol. The van der Waals surface area contributed by atoms with Crippen LogP contribution in [0.2, 0.25) is 0 Å². The topological polar surface area (TPSA) is 15.3 Å². The highest BCUT2D eigenvalue weighted by Crippen LogP contribution is 1.83. The molecule has 0 bridgehead atoms. The molecule has 0 rings (SSSR count).